The van der Waals surface area contributed by atoms with Crippen LogP contribution >= 0.6 is 0 Å². The maximum Gasteiger partial charge on any atom is 0.325 e. The molecule has 0 aromatic carbocycles. The molecule has 0 unspecified atom stereocenters. The van der Waals surface area contributed by atoms with Crippen molar-refractivity contribution < 1.29 is 23.1 Å². The Morgan fingerprint density at radius 1 is 1.53 bits per heavy atom. The van der Waals surface area contributed by atoms with Crippen LogP contribution in [0.15, 0.2) is 17.3 Å². The van der Waals surface area contributed by atoms with Crippen molar-refractivity contribution in [3.05, 3.63) is 12.4 Å². The Morgan fingerprint density at radius 2 is 2.16 bits per heavy atom. The van der Waals surface area contributed by atoms with Gasteiger partial charge in [-0.1, -0.05) is 0 Å². The molecule has 1 rings (SSSR count). The van der Waals surface area contributed by atoms with Crippen molar-refractivity contribution >= 4 is 21.9 Å². The fourth-order valence-corrected chi connectivity index (χ4v) is 2.10. The van der Waals surface area contributed by atoms with E-state index in [1.165, 1.54) is 17.8 Å². The first kappa shape index (κ1) is 15.1. The summed E-state index contributed by atoms with van der Waals surface area (Å²) in [6.45, 7) is 0.727. The zero-order chi connectivity index (χ0) is 14.6. The van der Waals surface area contributed by atoms with Gasteiger partial charge < -0.3 is 10.4 Å². The van der Waals surface area contributed by atoms with Gasteiger partial charge in [-0.3, -0.25) is 14.3 Å². The van der Waals surface area contributed by atoms with Gasteiger partial charge in [0.05, 0.1) is 12.7 Å². The third-order valence-corrected chi connectivity index (χ3v) is 3.52. The third-order valence-electron chi connectivity index (χ3n) is 2.16. The lowest BCUT2D eigenvalue weighted by atomic mass is 10.3. The number of carbonyl (C=O) groups excluding carboxylic acids is 1. The third kappa shape index (κ3) is 4.34. The molecule has 1 atom stereocenters. The lowest BCUT2D eigenvalue weighted by molar-refractivity contribution is -0.141. The van der Waals surface area contributed by atoms with Crippen LogP contribution in [0.5, 0.6) is 0 Å². The second-order valence-electron chi connectivity index (χ2n) is 3.80. The number of carbonyl (C=O) groups is 2. The van der Waals surface area contributed by atoms with E-state index in [1.807, 2.05) is 4.72 Å². The molecule has 0 saturated carbocycles. The highest BCUT2D eigenvalue weighted by atomic mass is 32.2. The summed E-state index contributed by atoms with van der Waals surface area (Å²) in [7, 11) is -2.28. The number of carboxylic acid groups (broad SMARTS) is 1. The molecule has 106 valence electrons. The van der Waals surface area contributed by atoms with Crippen LogP contribution in [0.3, 0.4) is 0 Å². The van der Waals surface area contributed by atoms with Gasteiger partial charge >= 0.3 is 5.97 Å². The minimum absolute atomic E-state index is 0.0749. The number of hydrogen-bond acceptors (Lipinski definition) is 5. The van der Waals surface area contributed by atoms with Gasteiger partial charge in [-0.05, 0) is 6.92 Å². The van der Waals surface area contributed by atoms with Gasteiger partial charge in [0, 0.05) is 13.2 Å². The highest BCUT2D eigenvalue weighted by Crippen LogP contribution is 2.04. The summed E-state index contributed by atoms with van der Waals surface area (Å²) < 4.78 is 26.8. The van der Waals surface area contributed by atoms with Crippen molar-refractivity contribution in [2.75, 3.05) is 6.54 Å². The molecule has 3 N–H and O–H groups in total. The number of nitrogens with zero attached hydrogens (tertiary/aromatic N) is 2. The molecule has 0 bridgehead atoms. The minimum Gasteiger partial charge on any atom is -0.480 e. The van der Waals surface area contributed by atoms with Gasteiger partial charge in [0.1, 0.15) is 10.9 Å². The number of amides is 1. The monoisotopic (exact) mass is 290 g/mol. The van der Waals surface area contributed by atoms with Crippen LogP contribution in [0.25, 0.3) is 0 Å². The van der Waals surface area contributed by atoms with Crippen LogP contribution in [0, 0.1) is 0 Å². The van der Waals surface area contributed by atoms with Crippen molar-refractivity contribution in [3.8, 4) is 0 Å². The van der Waals surface area contributed by atoms with E-state index in [0.717, 1.165) is 6.20 Å². The van der Waals surface area contributed by atoms with E-state index >= 15 is 0 Å². The zero-order valence-electron chi connectivity index (χ0n) is 10.3. The highest BCUT2D eigenvalue weighted by molar-refractivity contribution is 7.89. The highest BCUT2D eigenvalue weighted by Gasteiger charge is 2.19. The first-order chi connectivity index (χ1) is 8.72. The summed E-state index contributed by atoms with van der Waals surface area (Å²) in [5.74, 6) is -1.94. The number of nitrogens with one attached hydrogen (secondary N) is 2. The van der Waals surface area contributed by atoms with E-state index < -0.39 is 34.5 Å². The molecule has 19 heavy (non-hydrogen) atoms. The number of aliphatic carboxylic acids is 1. The fourth-order valence-electron chi connectivity index (χ4n) is 1.14. The fraction of sp³-hybridized carbons (Fsp3) is 0.444. The van der Waals surface area contributed by atoms with E-state index in [0.29, 0.717) is 0 Å². The number of hydrogen-bond donors (Lipinski definition) is 3. The first-order valence-electron chi connectivity index (χ1n) is 5.23. The molecule has 9 nitrogen and oxygen atoms in total. The molecule has 0 radical (unpaired) electrons. The average Bonchev–Trinajstić information content (AvgIpc) is 2.74. The van der Waals surface area contributed by atoms with Crippen molar-refractivity contribution in [2.24, 2.45) is 7.05 Å². The molecular weight excluding hydrogens is 276 g/mol. The van der Waals surface area contributed by atoms with Crippen molar-refractivity contribution in [1.82, 2.24) is 19.8 Å². The standard InChI is InChI=1S/C9H14N4O5S/c1-6(9(15)16)12-8(14)4-11-19(17,18)7-3-10-13(2)5-7/h3,5-6,11H,4H2,1-2H3,(H,12,14)(H,15,16)/t6-/m0/s1. The number of aryl methyl sites for hydroxylation is 1. The Balaban J connectivity index is 2.57. The summed E-state index contributed by atoms with van der Waals surface area (Å²) in [6, 6.07) is -1.09. The van der Waals surface area contributed by atoms with Crippen LogP contribution in [0.4, 0.5) is 0 Å². The normalized spacial score (nSPS) is 12.9. The first-order valence-corrected chi connectivity index (χ1v) is 6.71. The molecule has 1 aromatic rings. The molecular formula is C9H14N4O5S. The van der Waals surface area contributed by atoms with E-state index in [2.05, 4.69) is 10.4 Å². The lowest BCUT2D eigenvalue weighted by Crippen LogP contribution is -2.43. The zero-order valence-corrected chi connectivity index (χ0v) is 11.1. The summed E-state index contributed by atoms with van der Waals surface area (Å²) in [5, 5.41) is 14.4. The SMILES string of the molecule is C[C@H](NC(=O)CNS(=O)(=O)c1cnn(C)c1)C(=O)O. The maximum absolute atomic E-state index is 11.7. The van der Waals surface area contributed by atoms with E-state index in [1.54, 1.807) is 7.05 Å². The van der Waals surface area contributed by atoms with Crippen molar-refractivity contribution in [2.45, 2.75) is 17.9 Å². The smallest absolute Gasteiger partial charge is 0.325 e. The van der Waals surface area contributed by atoms with Gasteiger partial charge in [-0.15, -0.1) is 0 Å². The number of carboxylic acids is 1. The maximum atomic E-state index is 11.7. The quantitative estimate of drug-likeness (QED) is 0.571. The van der Waals surface area contributed by atoms with E-state index in [9.17, 15) is 18.0 Å². The minimum atomic E-state index is -3.83. The summed E-state index contributed by atoms with van der Waals surface area (Å²) in [6.07, 6.45) is 2.42. The van der Waals surface area contributed by atoms with Crippen LogP contribution < -0.4 is 10.0 Å². The molecule has 0 fully saturated rings. The van der Waals surface area contributed by atoms with Crippen molar-refractivity contribution in [3.63, 3.8) is 0 Å². The van der Waals surface area contributed by atoms with Crippen LogP contribution in [0.2, 0.25) is 0 Å². The van der Waals surface area contributed by atoms with Gasteiger partial charge in [0.15, 0.2) is 0 Å². The van der Waals surface area contributed by atoms with Crippen molar-refractivity contribution in [1.29, 1.82) is 0 Å². The molecule has 0 aliphatic rings. The van der Waals surface area contributed by atoms with Gasteiger partial charge in [0.25, 0.3) is 0 Å². The van der Waals surface area contributed by atoms with Gasteiger partial charge in [-0.2, -0.15) is 5.10 Å². The second kappa shape index (κ2) is 5.80. The molecule has 1 amide bonds. The predicted molar refractivity (Wildman–Crippen MR) is 63.6 cm³/mol. The number of rotatable bonds is 6. The average molecular weight is 290 g/mol. The Kier molecular flexibility index (Phi) is 4.62. The molecule has 0 spiro atoms. The van der Waals surface area contributed by atoms with Gasteiger partial charge in [-0.25, -0.2) is 13.1 Å². The molecule has 0 saturated heterocycles. The predicted octanol–water partition coefficient (Wildman–Crippen LogP) is -1.71. The molecule has 1 heterocycles. The molecule has 10 heteroatoms. The Bertz CT molecular complexity index is 579. The number of sulfonamides is 1. The van der Waals surface area contributed by atoms with Crippen LogP contribution in [-0.4, -0.2) is 47.8 Å². The Labute approximate surface area is 109 Å². The summed E-state index contributed by atoms with van der Waals surface area (Å²) in [5.41, 5.74) is 0. The lowest BCUT2D eigenvalue weighted by Gasteiger charge is -2.09. The largest absolute Gasteiger partial charge is 0.480 e. The second-order valence-corrected chi connectivity index (χ2v) is 5.57. The summed E-state index contributed by atoms with van der Waals surface area (Å²) in [4.78, 5) is 21.7. The number of aromatic nitrogens is 2. The van der Waals surface area contributed by atoms with Gasteiger partial charge in [0.2, 0.25) is 15.9 Å². The molecule has 0 aliphatic heterocycles. The Morgan fingerprint density at radius 3 is 2.63 bits per heavy atom. The van der Waals surface area contributed by atoms with E-state index in [4.69, 9.17) is 5.11 Å². The van der Waals surface area contributed by atoms with Crippen LogP contribution in [-0.2, 0) is 26.7 Å². The molecule has 1 aromatic heterocycles. The van der Waals surface area contributed by atoms with Crippen LogP contribution in [0.1, 0.15) is 6.92 Å². The topological polar surface area (TPSA) is 130 Å². The Hall–Kier alpha value is -1.94. The summed E-state index contributed by atoms with van der Waals surface area (Å²) >= 11 is 0. The molecule has 0 aliphatic carbocycles. The van der Waals surface area contributed by atoms with E-state index in [-0.39, 0.29) is 4.90 Å².